The van der Waals surface area contributed by atoms with E-state index in [9.17, 15) is 4.79 Å². The van der Waals surface area contributed by atoms with Gasteiger partial charge in [0.25, 0.3) is 5.91 Å². The number of nitrogens with one attached hydrogen (secondary N) is 1. The summed E-state index contributed by atoms with van der Waals surface area (Å²) in [7, 11) is 0. The summed E-state index contributed by atoms with van der Waals surface area (Å²) in [6, 6.07) is 19.2. The number of rotatable bonds is 3. The van der Waals surface area contributed by atoms with Gasteiger partial charge in [0.15, 0.2) is 5.58 Å². The standard InChI is InChI=1S/C23H20N2O2/c1-14-11-12-21-20(13-14)25-23(27-21)18-9-6-10-19(16(18)3)24-22(26)17-8-5-4-7-15(17)2/h4-13H,1-3H3,(H,24,26). The zero-order chi connectivity index (χ0) is 19.0. The minimum atomic E-state index is -0.124. The van der Waals surface area contributed by atoms with Crippen LogP contribution in [0.2, 0.25) is 0 Å². The monoisotopic (exact) mass is 356 g/mol. The minimum absolute atomic E-state index is 0.124. The van der Waals surface area contributed by atoms with Gasteiger partial charge in [-0.15, -0.1) is 0 Å². The molecule has 4 rings (SSSR count). The highest BCUT2D eigenvalue weighted by atomic mass is 16.3. The number of carbonyl (C=O) groups excluding carboxylic acids is 1. The molecule has 0 bridgehead atoms. The number of fused-ring (bicyclic) bond motifs is 1. The second-order valence-corrected chi connectivity index (χ2v) is 6.74. The van der Waals surface area contributed by atoms with E-state index in [1.807, 2.05) is 81.4 Å². The van der Waals surface area contributed by atoms with Crippen LogP contribution < -0.4 is 5.32 Å². The first-order chi connectivity index (χ1) is 13.0. The summed E-state index contributed by atoms with van der Waals surface area (Å²) >= 11 is 0. The first kappa shape index (κ1) is 17.0. The Bertz CT molecular complexity index is 1160. The van der Waals surface area contributed by atoms with Crippen molar-refractivity contribution in [1.29, 1.82) is 0 Å². The molecule has 0 aliphatic carbocycles. The molecular weight excluding hydrogens is 336 g/mol. The Balaban J connectivity index is 1.70. The second kappa shape index (κ2) is 6.72. The van der Waals surface area contributed by atoms with E-state index in [2.05, 4.69) is 10.3 Å². The van der Waals surface area contributed by atoms with Gasteiger partial charge in [0.05, 0.1) is 0 Å². The Hall–Kier alpha value is -3.40. The molecule has 4 nitrogen and oxygen atoms in total. The summed E-state index contributed by atoms with van der Waals surface area (Å²) in [5.74, 6) is 0.432. The van der Waals surface area contributed by atoms with Gasteiger partial charge in [-0.3, -0.25) is 4.79 Å². The molecule has 0 spiro atoms. The van der Waals surface area contributed by atoms with Crippen LogP contribution in [0, 0.1) is 20.8 Å². The number of hydrogen-bond acceptors (Lipinski definition) is 3. The highest BCUT2D eigenvalue weighted by Gasteiger charge is 2.15. The SMILES string of the molecule is Cc1ccc2oc(-c3cccc(NC(=O)c4ccccc4C)c3C)nc2c1. The summed E-state index contributed by atoms with van der Waals surface area (Å²) in [5, 5.41) is 3.01. The lowest BCUT2D eigenvalue weighted by Crippen LogP contribution is -2.14. The lowest BCUT2D eigenvalue weighted by Gasteiger charge is -2.12. The van der Waals surface area contributed by atoms with Gasteiger partial charge in [-0.2, -0.15) is 0 Å². The number of amides is 1. The van der Waals surface area contributed by atoms with Gasteiger partial charge in [0.1, 0.15) is 5.52 Å². The Morgan fingerprint density at radius 2 is 1.78 bits per heavy atom. The van der Waals surface area contributed by atoms with Crippen LogP contribution in [0.15, 0.2) is 65.1 Å². The Kier molecular flexibility index (Phi) is 4.24. The molecule has 1 N–H and O–H groups in total. The van der Waals surface area contributed by atoms with Gasteiger partial charge in [-0.05, 0) is 67.8 Å². The molecule has 27 heavy (non-hydrogen) atoms. The number of aryl methyl sites for hydroxylation is 2. The highest BCUT2D eigenvalue weighted by Crippen LogP contribution is 2.31. The second-order valence-electron chi connectivity index (χ2n) is 6.74. The Morgan fingerprint density at radius 3 is 2.59 bits per heavy atom. The number of oxazole rings is 1. The first-order valence-corrected chi connectivity index (χ1v) is 8.87. The zero-order valence-electron chi connectivity index (χ0n) is 15.5. The van der Waals surface area contributed by atoms with E-state index in [-0.39, 0.29) is 5.91 Å². The molecule has 0 radical (unpaired) electrons. The number of benzene rings is 3. The maximum atomic E-state index is 12.7. The smallest absolute Gasteiger partial charge is 0.255 e. The van der Waals surface area contributed by atoms with E-state index in [1.54, 1.807) is 0 Å². The van der Waals surface area contributed by atoms with Gasteiger partial charge >= 0.3 is 0 Å². The Labute approximate surface area is 157 Å². The fourth-order valence-corrected chi connectivity index (χ4v) is 3.17. The summed E-state index contributed by atoms with van der Waals surface area (Å²) in [6.07, 6.45) is 0. The molecule has 4 aromatic rings. The molecule has 0 atom stereocenters. The largest absolute Gasteiger partial charge is 0.436 e. The maximum absolute atomic E-state index is 12.7. The maximum Gasteiger partial charge on any atom is 0.255 e. The quantitative estimate of drug-likeness (QED) is 0.514. The third-order valence-electron chi connectivity index (χ3n) is 4.75. The number of aromatic nitrogens is 1. The molecule has 0 saturated heterocycles. The van der Waals surface area contributed by atoms with Crippen molar-refractivity contribution in [2.24, 2.45) is 0 Å². The van der Waals surface area contributed by atoms with Crippen LogP contribution in [0.5, 0.6) is 0 Å². The van der Waals surface area contributed by atoms with Crippen LogP contribution in [-0.4, -0.2) is 10.9 Å². The van der Waals surface area contributed by atoms with E-state index in [0.29, 0.717) is 11.5 Å². The summed E-state index contributed by atoms with van der Waals surface area (Å²) in [6.45, 7) is 5.92. The molecule has 0 unspecified atom stereocenters. The third-order valence-corrected chi connectivity index (χ3v) is 4.75. The molecule has 1 aromatic heterocycles. The van der Waals surface area contributed by atoms with Gasteiger partial charge in [-0.25, -0.2) is 4.98 Å². The van der Waals surface area contributed by atoms with Gasteiger partial charge in [-0.1, -0.05) is 30.3 Å². The van der Waals surface area contributed by atoms with E-state index in [0.717, 1.165) is 39.0 Å². The third kappa shape index (κ3) is 3.22. The zero-order valence-corrected chi connectivity index (χ0v) is 15.5. The topological polar surface area (TPSA) is 55.1 Å². The number of carbonyl (C=O) groups is 1. The fraction of sp³-hybridized carbons (Fsp3) is 0.130. The fourth-order valence-electron chi connectivity index (χ4n) is 3.17. The van der Waals surface area contributed by atoms with Crippen molar-refractivity contribution >= 4 is 22.7 Å². The van der Waals surface area contributed by atoms with E-state index in [1.165, 1.54) is 0 Å². The molecule has 1 amide bonds. The molecule has 0 aliphatic rings. The molecule has 0 saturated carbocycles. The van der Waals surface area contributed by atoms with Crippen LogP contribution in [0.3, 0.4) is 0 Å². The Morgan fingerprint density at radius 1 is 0.963 bits per heavy atom. The number of anilines is 1. The average molecular weight is 356 g/mol. The molecular formula is C23H20N2O2. The number of nitrogens with zero attached hydrogens (tertiary/aromatic N) is 1. The van der Waals surface area contributed by atoms with Crippen LogP contribution in [0.1, 0.15) is 27.0 Å². The number of hydrogen-bond donors (Lipinski definition) is 1. The van der Waals surface area contributed by atoms with Crippen molar-refractivity contribution < 1.29 is 9.21 Å². The van der Waals surface area contributed by atoms with Gasteiger partial charge in [0.2, 0.25) is 5.89 Å². The van der Waals surface area contributed by atoms with Crippen molar-refractivity contribution in [2.75, 3.05) is 5.32 Å². The van der Waals surface area contributed by atoms with Crippen LogP contribution in [0.25, 0.3) is 22.6 Å². The minimum Gasteiger partial charge on any atom is -0.436 e. The van der Waals surface area contributed by atoms with Gasteiger partial charge < -0.3 is 9.73 Å². The van der Waals surface area contributed by atoms with E-state index in [4.69, 9.17) is 4.42 Å². The van der Waals surface area contributed by atoms with Crippen LogP contribution in [-0.2, 0) is 0 Å². The predicted octanol–water partition coefficient (Wildman–Crippen LogP) is 5.67. The molecule has 0 aliphatic heterocycles. The predicted molar refractivity (Wildman–Crippen MR) is 108 cm³/mol. The summed E-state index contributed by atoms with van der Waals surface area (Å²) < 4.78 is 5.93. The lowest BCUT2D eigenvalue weighted by atomic mass is 10.1. The molecule has 0 fully saturated rings. The molecule has 1 heterocycles. The van der Waals surface area contributed by atoms with Crippen molar-refractivity contribution in [3.05, 3.63) is 82.9 Å². The molecule has 134 valence electrons. The lowest BCUT2D eigenvalue weighted by molar-refractivity contribution is 0.102. The van der Waals surface area contributed by atoms with Crippen molar-refractivity contribution in [3.63, 3.8) is 0 Å². The van der Waals surface area contributed by atoms with Crippen LogP contribution >= 0.6 is 0 Å². The molecule has 3 aromatic carbocycles. The van der Waals surface area contributed by atoms with Crippen molar-refractivity contribution in [1.82, 2.24) is 4.98 Å². The average Bonchev–Trinajstić information content (AvgIpc) is 3.06. The summed E-state index contributed by atoms with van der Waals surface area (Å²) in [5.41, 5.74) is 6.87. The van der Waals surface area contributed by atoms with Gasteiger partial charge in [0, 0.05) is 16.8 Å². The van der Waals surface area contributed by atoms with Crippen molar-refractivity contribution in [2.45, 2.75) is 20.8 Å². The molecule has 4 heteroatoms. The first-order valence-electron chi connectivity index (χ1n) is 8.87. The summed E-state index contributed by atoms with van der Waals surface area (Å²) in [4.78, 5) is 17.3. The van der Waals surface area contributed by atoms with Crippen LogP contribution in [0.4, 0.5) is 5.69 Å². The normalized spacial score (nSPS) is 10.9. The van der Waals surface area contributed by atoms with E-state index < -0.39 is 0 Å². The highest BCUT2D eigenvalue weighted by molar-refractivity contribution is 6.06. The van der Waals surface area contributed by atoms with Crippen molar-refractivity contribution in [3.8, 4) is 11.5 Å². The van der Waals surface area contributed by atoms with E-state index >= 15 is 0 Å².